The summed E-state index contributed by atoms with van der Waals surface area (Å²) in [6.45, 7) is 2.06. The maximum absolute atomic E-state index is 6.12. The molecule has 0 saturated carbocycles. The van der Waals surface area contributed by atoms with Crippen LogP contribution >= 0.6 is 11.6 Å². The normalized spacial score (nSPS) is 14.2. The van der Waals surface area contributed by atoms with Crippen LogP contribution in [-0.2, 0) is 6.42 Å². The molecule has 0 saturated heterocycles. The van der Waals surface area contributed by atoms with Gasteiger partial charge in [0.2, 0.25) is 0 Å². The Bertz CT molecular complexity index is 476. The molecule has 0 aromatic heterocycles. The van der Waals surface area contributed by atoms with Crippen LogP contribution in [0.2, 0.25) is 5.02 Å². The standard InChI is InChI=1S/C16H18ClN/c1-12(18)16(14-5-3-2-4-6-14)11-13-7-9-15(17)10-8-13/h2-10,12,16H,11,18H2,1H3/t12-,16?/m0/s1. The minimum absolute atomic E-state index is 0.128. The maximum Gasteiger partial charge on any atom is 0.0406 e. The molecule has 2 N–H and O–H groups in total. The smallest absolute Gasteiger partial charge is 0.0406 e. The highest BCUT2D eigenvalue weighted by molar-refractivity contribution is 6.30. The lowest BCUT2D eigenvalue weighted by molar-refractivity contribution is 0.565. The van der Waals surface area contributed by atoms with Crippen LogP contribution in [0.5, 0.6) is 0 Å². The van der Waals surface area contributed by atoms with E-state index in [0.717, 1.165) is 11.4 Å². The summed E-state index contributed by atoms with van der Waals surface area (Å²) in [5.41, 5.74) is 8.68. The number of nitrogens with two attached hydrogens (primary N) is 1. The molecule has 2 atom stereocenters. The first-order valence-electron chi connectivity index (χ1n) is 6.22. The summed E-state index contributed by atoms with van der Waals surface area (Å²) in [4.78, 5) is 0. The molecule has 0 aliphatic carbocycles. The summed E-state index contributed by atoms with van der Waals surface area (Å²) in [6.07, 6.45) is 0.943. The quantitative estimate of drug-likeness (QED) is 0.882. The molecule has 1 nitrogen and oxygen atoms in total. The second-order valence-corrected chi connectivity index (χ2v) is 5.14. The van der Waals surface area contributed by atoms with Crippen LogP contribution in [0.25, 0.3) is 0 Å². The Hall–Kier alpha value is -1.31. The van der Waals surface area contributed by atoms with Gasteiger partial charge >= 0.3 is 0 Å². The van der Waals surface area contributed by atoms with Gasteiger partial charge in [-0.05, 0) is 36.6 Å². The molecule has 2 aromatic carbocycles. The second-order valence-electron chi connectivity index (χ2n) is 4.71. The first kappa shape index (κ1) is 13.1. The Labute approximate surface area is 114 Å². The van der Waals surface area contributed by atoms with Crippen molar-refractivity contribution >= 4 is 11.6 Å². The van der Waals surface area contributed by atoms with Gasteiger partial charge in [-0.15, -0.1) is 0 Å². The highest BCUT2D eigenvalue weighted by atomic mass is 35.5. The predicted octanol–water partition coefficient (Wildman–Crippen LogP) is 4.01. The molecule has 2 aromatic rings. The molecule has 94 valence electrons. The fraction of sp³-hybridized carbons (Fsp3) is 0.250. The van der Waals surface area contributed by atoms with E-state index < -0.39 is 0 Å². The monoisotopic (exact) mass is 259 g/mol. The highest BCUT2D eigenvalue weighted by Crippen LogP contribution is 2.24. The summed E-state index contributed by atoms with van der Waals surface area (Å²) >= 11 is 5.90. The molecular formula is C16H18ClN. The van der Waals surface area contributed by atoms with E-state index in [1.165, 1.54) is 11.1 Å². The van der Waals surface area contributed by atoms with Crippen molar-refractivity contribution in [2.75, 3.05) is 0 Å². The number of benzene rings is 2. The molecule has 0 heterocycles. The Balaban J connectivity index is 2.19. The third-order valence-corrected chi connectivity index (χ3v) is 3.48. The van der Waals surface area contributed by atoms with Gasteiger partial charge in [-0.1, -0.05) is 54.1 Å². The molecule has 0 bridgehead atoms. The lowest BCUT2D eigenvalue weighted by Gasteiger charge is -2.21. The minimum Gasteiger partial charge on any atom is -0.327 e. The van der Waals surface area contributed by atoms with Gasteiger partial charge in [0, 0.05) is 17.0 Å². The summed E-state index contributed by atoms with van der Waals surface area (Å²) in [5.74, 6) is 0.340. The van der Waals surface area contributed by atoms with E-state index in [4.69, 9.17) is 17.3 Å². The summed E-state index contributed by atoms with van der Waals surface area (Å²) in [6, 6.07) is 18.6. The third kappa shape index (κ3) is 3.34. The number of rotatable bonds is 4. The van der Waals surface area contributed by atoms with Crippen molar-refractivity contribution in [3.63, 3.8) is 0 Å². The fourth-order valence-electron chi connectivity index (χ4n) is 2.18. The zero-order valence-corrected chi connectivity index (χ0v) is 11.3. The van der Waals surface area contributed by atoms with Crippen LogP contribution in [0.3, 0.4) is 0 Å². The second kappa shape index (κ2) is 6.03. The van der Waals surface area contributed by atoms with E-state index in [-0.39, 0.29) is 6.04 Å². The SMILES string of the molecule is C[C@H](N)C(Cc1ccc(Cl)cc1)c1ccccc1. The fourth-order valence-corrected chi connectivity index (χ4v) is 2.31. The summed E-state index contributed by atoms with van der Waals surface area (Å²) in [5, 5.41) is 0.774. The van der Waals surface area contributed by atoms with Gasteiger partial charge in [0.05, 0.1) is 0 Å². The van der Waals surface area contributed by atoms with Crippen molar-refractivity contribution < 1.29 is 0 Å². The molecule has 18 heavy (non-hydrogen) atoms. The lowest BCUT2D eigenvalue weighted by atomic mass is 9.87. The summed E-state index contributed by atoms with van der Waals surface area (Å²) < 4.78 is 0. The maximum atomic E-state index is 6.12. The van der Waals surface area contributed by atoms with Gasteiger partial charge in [0.1, 0.15) is 0 Å². The van der Waals surface area contributed by atoms with Crippen LogP contribution in [-0.4, -0.2) is 6.04 Å². The van der Waals surface area contributed by atoms with Crippen LogP contribution < -0.4 is 5.73 Å². The van der Waals surface area contributed by atoms with E-state index in [1.54, 1.807) is 0 Å². The molecule has 0 aliphatic heterocycles. The first-order chi connectivity index (χ1) is 8.66. The van der Waals surface area contributed by atoms with Crippen LogP contribution in [0.4, 0.5) is 0 Å². The van der Waals surface area contributed by atoms with Gasteiger partial charge in [-0.25, -0.2) is 0 Å². The van der Waals surface area contributed by atoms with E-state index in [2.05, 4.69) is 43.3 Å². The Morgan fingerprint density at radius 1 is 1.00 bits per heavy atom. The third-order valence-electron chi connectivity index (χ3n) is 3.23. The van der Waals surface area contributed by atoms with E-state index in [1.807, 2.05) is 18.2 Å². The van der Waals surface area contributed by atoms with Gasteiger partial charge < -0.3 is 5.73 Å². The average molecular weight is 260 g/mol. The van der Waals surface area contributed by atoms with Crippen molar-refractivity contribution in [1.29, 1.82) is 0 Å². The molecule has 0 fully saturated rings. The molecule has 2 heteroatoms. The number of halogens is 1. The molecule has 0 aliphatic rings. The van der Waals surface area contributed by atoms with Gasteiger partial charge in [0.25, 0.3) is 0 Å². The summed E-state index contributed by atoms with van der Waals surface area (Å²) in [7, 11) is 0. The predicted molar refractivity (Wildman–Crippen MR) is 78.0 cm³/mol. The van der Waals surface area contributed by atoms with Crippen molar-refractivity contribution in [1.82, 2.24) is 0 Å². The lowest BCUT2D eigenvalue weighted by Crippen LogP contribution is -2.26. The number of hydrogen-bond acceptors (Lipinski definition) is 1. The first-order valence-corrected chi connectivity index (χ1v) is 6.59. The number of hydrogen-bond donors (Lipinski definition) is 1. The Kier molecular flexibility index (Phi) is 4.40. The molecule has 0 radical (unpaired) electrons. The van der Waals surface area contributed by atoms with E-state index in [0.29, 0.717) is 5.92 Å². The molecule has 0 spiro atoms. The van der Waals surface area contributed by atoms with Gasteiger partial charge in [-0.3, -0.25) is 0 Å². The minimum atomic E-state index is 0.128. The van der Waals surface area contributed by atoms with E-state index >= 15 is 0 Å². The molecule has 1 unspecified atom stereocenters. The van der Waals surface area contributed by atoms with Crippen LogP contribution in [0.15, 0.2) is 54.6 Å². The molecular weight excluding hydrogens is 242 g/mol. The average Bonchev–Trinajstić information content (AvgIpc) is 2.38. The largest absolute Gasteiger partial charge is 0.327 e. The van der Waals surface area contributed by atoms with Crippen molar-refractivity contribution in [3.05, 3.63) is 70.7 Å². The van der Waals surface area contributed by atoms with Gasteiger partial charge in [-0.2, -0.15) is 0 Å². The van der Waals surface area contributed by atoms with Crippen molar-refractivity contribution in [2.45, 2.75) is 25.3 Å². The van der Waals surface area contributed by atoms with Crippen molar-refractivity contribution in [2.24, 2.45) is 5.73 Å². The molecule has 2 rings (SSSR count). The highest BCUT2D eigenvalue weighted by Gasteiger charge is 2.16. The Morgan fingerprint density at radius 2 is 1.61 bits per heavy atom. The zero-order valence-electron chi connectivity index (χ0n) is 10.5. The van der Waals surface area contributed by atoms with E-state index in [9.17, 15) is 0 Å². The van der Waals surface area contributed by atoms with Crippen molar-refractivity contribution in [3.8, 4) is 0 Å². The van der Waals surface area contributed by atoms with Crippen LogP contribution in [0.1, 0.15) is 24.0 Å². The van der Waals surface area contributed by atoms with Crippen LogP contribution in [0, 0.1) is 0 Å². The Morgan fingerprint density at radius 3 is 2.17 bits per heavy atom. The van der Waals surface area contributed by atoms with Gasteiger partial charge in [0.15, 0.2) is 0 Å². The zero-order chi connectivity index (χ0) is 13.0. The topological polar surface area (TPSA) is 26.0 Å². The molecule has 0 amide bonds.